The Labute approximate surface area is 86.8 Å². The summed E-state index contributed by atoms with van der Waals surface area (Å²) in [5.41, 5.74) is 1.64. The minimum Gasteiger partial charge on any atom is -0.325 e. The van der Waals surface area contributed by atoms with E-state index in [9.17, 15) is 4.79 Å². The molecule has 0 bridgehead atoms. The van der Waals surface area contributed by atoms with Crippen LogP contribution in [0.15, 0.2) is 24.3 Å². The molecule has 1 aromatic carbocycles. The monoisotopic (exact) mass is 193 g/mol. The summed E-state index contributed by atoms with van der Waals surface area (Å²) in [6, 6.07) is 7.78. The van der Waals surface area contributed by atoms with Gasteiger partial charge in [0.25, 0.3) is 0 Å². The van der Waals surface area contributed by atoms with Gasteiger partial charge in [0, 0.05) is 12.5 Å². The van der Waals surface area contributed by atoms with Gasteiger partial charge in [-0.3, -0.25) is 4.79 Å². The van der Waals surface area contributed by atoms with Crippen LogP contribution in [0.25, 0.3) is 0 Å². The minimum absolute atomic E-state index is 0. The molecule has 0 fully saturated rings. The molecule has 2 nitrogen and oxygen atoms in total. The highest BCUT2D eigenvalue weighted by atomic mass is 16.2. The summed E-state index contributed by atoms with van der Waals surface area (Å²) in [5, 5.41) is 2.91. The Bertz CT molecular complexity index is 342. The summed E-state index contributed by atoms with van der Waals surface area (Å²) in [6.45, 7) is 7.69. The van der Waals surface area contributed by atoms with Gasteiger partial charge in [-0.15, -0.1) is 0 Å². The third kappa shape index (κ3) is 2.59. The van der Waals surface area contributed by atoms with Gasteiger partial charge >= 0.3 is 0 Å². The van der Waals surface area contributed by atoms with Crippen molar-refractivity contribution in [1.82, 2.24) is 0 Å². The molecule has 0 radical (unpaired) electrons. The fraction of sp³-hybridized carbons (Fsp3) is 0.417. The smallest absolute Gasteiger partial charge is 0.229 e. The van der Waals surface area contributed by atoms with E-state index >= 15 is 0 Å². The lowest BCUT2D eigenvalue weighted by Gasteiger charge is -2.18. The second-order valence-corrected chi connectivity index (χ2v) is 4.52. The maximum Gasteiger partial charge on any atom is 0.229 e. The zero-order valence-corrected chi connectivity index (χ0v) is 9.22. The van der Waals surface area contributed by atoms with E-state index in [1.807, 2.05) is 52.0 Å². The Balaban J connectivity index is 0.00000196. The van der Waals surface area contributed by atoms with Crippen molar-refractivity contribution < 1.29 is 6.22 Å². The molecule has 14 heavy (non-hydrogen) atoms. The number of hydrogen-bond donors (Lipinski definition) is 1. The third-order valence-electron chi connectivity index (χ3n) is 2.07. The molecule has 0 spiro atoms. The summed E-state index contributed by atoms with van der Waals surface area (Å²) in [5.74, 6) is 0.0480. The maximum atomic E-state index is 11.7. The highest BCUT2D eigenvalue weighted by Gasteiger charge is 2.21. The van der Waals surface area contributed by atoms with Gasteiger partial charge in [0.15, 0.2) is 0 Å². The van der Waals surface area contributed by atoms with Crippen molar-refractivity contribution in [3.8, 4) is 0 Å². The van der Waals surface area contributed by atoms with Gasteiger partial charge < -0.3 is 5.32 Å². The number of amides is 1. The summed E-state index contributed by atoms with van der Waals surface area (Å²) in [6.07, 6.45) is 0. The molecule has 0 atom stereocenters. The fourth-order valence-electron chi connectivity index (χ4n) is 1.02. The number of aryl methyl sites for hydroxylation is 1. The maximum absolute atomic E-state index is 11.7. The Morgan fingerprint density at radius 1 is 1.29 bits per heavy atom. The van der Waals surface area contributed by atoms with Crippen molar-refractivity contribution in [2.24, 2.45) is 5.41 Å². The van der Waals surface area contributed by atoms with E-state index < -0.39 is 0 Å². The van der Waals surface area contributed by atoms with Crippen LogP contribution in [0.3, 0.4) is 0 Å². The van der Waals surface area contributed by atoms with E-state index in [1.165, 1.54) is 0 Å². The lowest BCUT2D eigenvalue weighted by molar-refractivity contribution is -0.123. The van der Waals surface area contributed by atoms with Crippen LogP contribution in [-0.2, 0) is 4.79 Å². The van der Waals surface area contributed by atoms with E-state index in [1.54, 1.807) is 0 Å². The first kappa shape index (κ1) is 10.8. The average Bonchev–Trinajstić information content (AvgIpc) is 2.07. The van der Waals surface area contributed by atoms with E-state index in [4.69, 9.17) is 0 Å². The molecule has 0 aromatic heterocycles. The molecule has 0 saturated heterocycles. The quantitative estimate of drug-likeness (QED) is 0.729. The third-order valence-corrected chi connectivity index (χ3v) is 2.07. The van der Waals surface area contributed by atoms with E-state index in [-0.39, 0.29) is 12.7 Å². The molecular weight excluding hydrogens is 174 g/mol. The summed E-state index contributed by atoms with van der Waals surface area (Å²) >= 11 is 0. The van der Waals surface area contributed by atoms with Gasteiger partial charge in [-0.05, 0) is 18.6 Å². The molecule has 0 aliphatic carbocycles. The van der Waals surface area contributed by atoms with Crippen LogP contribution in [0.5, 0.6) is 0 Å². The zero-order valence-electron chi connectivity index (χ0n) is 9.22. The molecule has 0 aliphatic heterocycles. The van der Waals surface area contributed by atoms with Crippen molar-refractivity contribution in [2.75, 3.05) is 5.32 Å². The van der Waals surface area contributed by atoms with Crippen molar-refractivity contribution in [2.45, 2.75) is 27.7 Å². The normalized spacial score (nSPS) is 11.1. The minimum atomic E-state index is -0.345. The molecule has 78 valence electrons. The Morgan fingerprint density at radius 3 is 2.36 bits per heavy atom. The number of benzene rings is 1. The molecule has 2 heteroatoms. The van der Waals surface area contributed by atoms with Crippen LogP contribution in [-0.4, -0.2) is 5.91 Å². The molecule has 1 aromatic rings. The van der Waals surface area contributed by atoms with Crippen LogP contribution >= 0.6 is 0 Å². The van der Waals surface area contributed by atoms with Gasteiger partial charge in [-0.2, -0.15) is 0 Å². The van der Waals surface area contributed by atoms with E-state index in [0.29, 0.717) is 0 Å². The Morgan fingerprint density at radius 2 is 1.86 bits per heavy atom. The first-order valence-corrected chi connectivity index (χ1v) is 4.78. The molecular formula is C12H19NO. The summed E-state index contributed by atoms with van der Waals surface area (Å²) < 4.78 is 0. The van der Waals surface area contributed by atoms with Crippen molar-refractivity contribution >= 4 is 11.6 Å². The second kappa shape index (κ2) is 3.82. The van der Waals surface area contributed by atoms with Crippen LogP contribution in [0.4, 0.5) is 5.69 Å². The van der Waals surface area contributed by atoms with Gasteiger partial charge in [-0.1, -0.05) is 39.0 Å². The highest BCUT2D eigenvalue weighted by molar-refractivity contribution is 5.95. The zero-order chi connectivity index (χ0) is 10.8. The highest BCUT2D eigenvalue weighted by Crippen LogP contribution is 2.19. The number of hydrogen-bond acceptors (Lipinski definition) is 1. The van der Waals surface area contributed by atoms with Crippen LogP contribution in [0.2, 0.25) is 0 Å². The van der Waals surface area contributed by atoms with Gasteiger partial charge in [-0.25, -0.2) is 0 Å². The van der Waals surface area contributed by atoms with Crippen LogP contribution in [0.1, 0.15) is 27.8 Å². The van der Waals surface area contributed by atoms with E-state index in [0.717, 1.165) is 11.3 Å². The average molecular weight is 193 g/mol. The van der Waals surface area contributed by atoms with Crippen molar-refractivity contribution in [3.05, 3.63) is 29.8 Å². The first-order chi connectivity index (χ1) is 6.41. The molecule has 1 amide bonds. The predicted molar refractivity (Wildman–Crippen MR) is 61.4 cm³/mol. The number of carbonyl (C=O) groups is 1. The SMILES string of the molecule is Cc1ccccc1NC(=O)C(C)(C)C.[HH]. The molecule has 0 saturated carbocycles. The molecule has 0 heterocycles. The van der Waals surface area contributed by atoms with E-state index in [2.05, 4.69) is 5.32 Å². The largest absolute Gasteiger partial charge is 0.325 e. The topological polar surface area (TPSA) is 29.1 Å². The first-order valence-electron chi connectivity index (χ1n) is 4.78. The standard InChI is InChI=1S/C12H17NO.H2/c1-9-7-5-6-8-10(9)13-11(14)12(2,3)4;/h5-8H,1-4H3,(H,13,14);1H. The molecule has 1 rings (SSSR count). The molecule has 0 aliphatic rings. The molecule has 0 unspecified atom stereocenters. The molecule has 1 N–H and O–H groups in total. The van der Waals surface area contributed by atoms with Gasteiger partial charge in [0.2, 0.25) is 5.91 Å². The van der Waals surface area contributed by atoms with Crippen LogP contribution < -0.4 is 5.32 Å². The summed E-state index contributed by atoms with van der Waals surface area (Å²) in [4.78, 5) is 11.7. The predicted octanol–water partition coefficient (Wildman–Crippen LogP) is 3.23. The Hall–Kier alpha value is -1.31. The second-order valence-electron chi connectivity index (χ2n) is 4.52. The number of para-hydroxylation sites is 1. The number of nitrogens with one attached hydrogen (secondary N) is 1. The number of anilines is 1. The van der Waals surface area contributed by atoms with Gasteiger partial charge in [0.1, 0.15) is 0 Å². The number of carbonyl (C=O) groups excluding carboxylic acids is 1. The number of rotatable bonds is 1. The van der Waals surface area contributed by atoms with Crippen molar-refractivity contribution in [1.29, 1.82) is 0 Å². The van der Waals surface area contributed by atoms with Crippen molar-refractivity contribution in [3.63, 3.8) is 0 Å². The lowest BCUT2D eigenvalue weighted by atomic mass is 9.95. The fourth-order valence-corrected chi connectivity index (χ4v) is 1.02. The summed E-state index contributed by atoms with van der Waals surface area (Å²) in [7, 11) is 0. The van der Waals surface area contributed by atoms with Crippen LogP contribution in [0, 0.1) is 12.3 Å². The van der Waals surface area contributed by atoms with Gasteiger partial charge in [0.05, 0.1) is 0 Å². The Kier molecular flexibility index (Phi) is 2.94. The lowest BCUT2D eigenvalue weighted by Crippen LogP contribution is -2.27.